The van der Waals surface area contributed by atoms with E-state index in [-0.39, 0.29) is 0 Å². The van der Waals surface area contributed by atoms with Crippen LogP contribution in [0, 0.1) is 0 Å². The summed E-state index contributed by atoms with van der Waals surface area (Å²) >= 11 is 0. The molecule has 0 aliphatic carbocycles. The summed E-state index contributed by atoms with van der Waals surface area (Å²) in [5, 5.41) is 17.2. The van der Waals surface area contributed by atoms with Gasteiger partial charge in [-0.1, -0.05) is 51.4 Å². The quantitative estimate of drug-likeness (QED) is 0.0209. The Bertz CT molecular complexity index is 3040. The molecule has 0 fully saturated rings. The largest absolute Gasteiger partial charge is 0.497 e. The molecule has 0 aliphatic heterocycles. The lowest BCUT2D eigenvalue weighted by molar-refractivity contribution is 0.279. The monoisotopic (exact) mass is 1170 g/mol. The number of aliphatic imine (C=N–C) groups is 2. The molecule has 8 rings (SSSR count). The van der Waals surface area contributed by atoms with Gasteiger partial charge in [-0.2, -0.15) is 20.5 Å². The van der Waals surface area contributed by atoms with Crippen molar-refractivity contribution in [2.24, 2.45) is 30.4 Å². The predicted octanol–water partition coefficient (Wildman–Crippen LogP) is 20.3. The standard InChI is InChI=1S/C73H82N6O8/c1-80-66-38-26-62(27-39-66)76-78-64-30-46-72(47-31-64)84-52-14-9-5-3-7-12-50-82-68-34-18-58(19-35-68)56-74-60-22-42-70(43-23-60)86-54-16-11-17-55-87-71-44-24-61(25-45-71)75-57-59-20-36-69(37-21-59)83-51-13-8-4-6-10-15-53-85-73-48-32-65(33-49-73)79-77-63-28-40-67(81-2)41-29-63/h18-49,56-57H,3-17,50-55H2,1-2H3. The van der Waals surface area contributed by atoms with Crippen molar-refractivity contribution in [1.29, 1.82) is 0 Å². The minimum atomic E-state index is 0.651. The first kappa shape index (κ1) is 63.7. The van der Waals surface area contributed by atoms with E-state index in [9.17, 15) is 0 Å². The third-order valence-electron chi connectivity index (χ3n) is 14.0. The second-order valence-electron chi connectivity index (χ2n) is 20.8. The summed E-state index contributed by atoms with van der Waals surface area (Å²) in [6.45, 7) is 4.13. The van der Waals surface area contributed by atoms with E-state index in [2.05, 4.69) is 30.4 Å². The van der Waals surface area contributed by atoms with Crippen molar-refractivity contribution in [3.63, 3.8) is 0 Å². The molecule has 8 aromatic carbocycles. The summed E-state index contributed by atoms with van der Waals surface area (Å²) in [5.74, 6) is 6.71. The summed E-state index contributed by atoms with van der Waals surface area (Å²) < 4.78 is 46.3. The fraction of sp³-hybridized carbons (Fsp3) is 0.315. The maximum Gasteiger partial charge on any atom is 0.119 e. The number of rotatable bonds is 40. The van der Waals surface area contributed by atoms with Crippen LogP contribution < -0.4 is 37.9 Å². The van der Waals surface area contributed by atoms with Gasteiger partial charge >= 0.3 is 0 Å². The highest BCUT2D eigenvalue weighted by atomic mass is 16.5. The minimum Gasteiger partial charge on any atom is -0.497 e. The number of unbranched alkanes of at least 4 members (excludes halogenated alkanes) is 12. The van der Waals surface area contributed by atoms with Crippen LogP contribution in [-0.2, 0) is 0 Å². The van der Waals surface area contributed by atoms with E-state index in [0.717, 1.165) is 162 Å². The van der Waals surface area contributed by atoms with Gasteiger partial charge in [-0.3, -0.25) is 9.98 Å². The molecule has 0 unspecified atom stereocenters. The second kappa shape index (κ2) is 37.9. The average molecular weight is 1170 g/mol. The molecule has 0 amide bonds. The second-order valence-corrected chi connectivity index (χ2v) is 20.8. The molecule has 14 heteroatoms. The molecule has 0 heterocycles. The van der Waals surface area contributed by atoms with Gasteiger partial charge in [0.2, 0.25) is 0 Å². The number of nitrogens with zero attached hydrogens (tertiary/aromatic N) is 6. The van der Waals surface area contributed by atoms with Gasteiger partial charge < -0.3 is 37.9 Å². The SMILES string of the molecule is COc1ccc(N=Nc2ccc(OCCCCCCCCOc3ccc(C=Nc4ccc(OCCCCCOc5ccc(N=Cc6ccc(OCCCCCCCCOc7ccc(N=Nc8ccc(OC)cc8)cc7)cc6)cc5)cc4)cc3)cc2)cc1. The molecule has 0 aliphatic rings. The molecule has 14 nitrogen and oxygen atoms in total. The van der Waals surface area contributed by atoms with Gasteiger partial charge in [-0.05, 0) is 250 Å². The fourth-order valence-corrected chi connectivity index (χ4v) is 8.95. The van der Waals surface area contributed by atoms with Gasteiger partial charge in [0.15, 0.2) is 0 Å². The van der Waals surface area contributed by atoms with Gasteiger partial charge in [0, 0.05) is 12.4 Å². The zero-order valence-corrected chi connectivity index (χ0v) is 50.4. The molecule has 0 saturated carbocycles. The van der Waals surface area contributed by atoms with Crippen molar-refractivity contribution < 1.29 is 37.9 Å². The summed E-state index contributed by atoms with van der Waals surface area (Å²) in [6, 6.07) is 62.3. The molecule has 452 valence electrons. The number of hydrogen-bond acceptors (Lipinski definition) is 14. The van der Waals surface area contributed by atoms with Crippen LogP contribution in [0.15, 0.2) is 225 Å². The Kier molecular flexibility index (Phi) is 27.8. The molecule has 0 aromatic heterocycles. The molecule has 0 spiro atoms. The summed E-state index contributed by atoms with van der Waals surface area (Å²) in [4.78, 5) is 9.31. The third-order valence-corrected chi connectivity index (χ3v) is 14.0. The van der Waals surface area contributed by atoms with Gasteiger partial charge in [0.25, 0.3) is 0 Å². The minimum absolute atomic E-state index is 0.651. The van der Waals surface area contributed by atoms with Crippen LogP contribution in [0.5, 0.6) is 46.0 Å². The van der Waals surface area contributed by atoms with Crippen LogP contribution in [-0.4, -0.2) is 66.3 Å². The molecule has 0 bridgehead atoms. The summed E-state index contributed by atoms with van der Waals surface area (Å²) in [5.41, 5.74) is 6.88. The van der Waals surface area contributed by atoms with Gasteiger partial charge in [0.1, 0.15) is 46.0 Å². The van der Waals surface area contributed by atoms with E-state index in [1.165, 1.54) is 25.7 Å². The Labute approximate surface area is 514 Å². The first-order valence-electron chi connectivity index (χ1n) is 30.6. The molecule has 0 N–H and O–H groups in total. The highest BCUT2D eigenvalue weighted by Crippen LogP contribution is 2.27. The summed E-state index contributed by atoms with van der Waals surface area (Å²) in [7, 11) is 3.29. The maximum atomic E-state index is 6.01. The molecule has 0 radical (unpaired) electrons. The van der Waals surface area contributed by atoms with Gasteiger partial charge in [0.05, 0.1) is 88.0 Å². The Morgan fingerprint density at radius 3 is 0.632 bits per heavy atom. The molecular formula is C73H82N6O8. The van der Waals surface area contributed by atoms with E-state index >= 15 is 0 Å². The molecular weight excluding hydrogens is 1090 g/mol. The smallest absolute Gasteiger partial charge is 0.119 e. The van der Waals surface area contributed by atoms with Crippen LogP contribution in [0.1, 0.15) is 107 Å². The van der Waals surface area contributed by atoms with Crippen LogP contribution in [0.4, 0.5) is 34.1 Å². The molecule has 0 saturated heterocycles. The lowest BCUT2D eigenvalue weighted by atomic mass is 10.1. The lowest BCUT2D eigenvalue weighted by Crippen LogP contribution is -2.00. The van der Waals surface area contributed by atoms with Gasteiger partial charge in [-0.25, -0.2) is 0 Å². The zero-order valence-electron chi connectivity index (χ0n) is 50.4. The van der Waals surface area contributed by atoms with Crippen LogP contribution in [0.25, 0.3) is 0 Å². The fourth-order valence-electron chi connectivity index (χ4n) is 8.95. The van der Waals surface area contributed by atoms with Crippen molar-refractivity contribution >= 4 is 46.6 Å². The molecule has 87 heavy (non-hydrogen) atoms. The van der Waals surface area contributed by atoms with E-state index in [0.29, 0.717) is 39.6 Å². The van der Waals surface area contributed by atoms with Crippen LogP contribution >= 0.6 is 0 Å². The highest BCUT2D eigenvalue weighted by molar-refractivity contribution is 5.82. The number of hydrogen-bond donors (Lipinski definition) is 0. The van der Waals surface area contributed by atoms with Crippen molar-refractivity contribution in [3.8, 4) is 46.0 Å². The number of methoxy groups -OCH3 is 2. The number of azo groups is 2. The lowest BCUT2D eigenvalue weighted by Gasteiger charge is -2.08. The van der Waals surface area contributed by atoms with Crippen LogP contribution in [0.3, 0.4) is 0 Å². The topological polar surface area (TPSA) is 148 Å². The zero-order chi connectivity index (χ0) is 60.0. The van der Waals surface area contributed by atoms with E-state index in [1.54, 1.807) is 14.2 Å². The van der Waals surface area contributed by atoms with Crippen molar-refractivity contribution in [2.75, 3.05) is 53.9 Å². The van der Waals surface area contributed by atoms with Crippen molar-refractivity contribution in [1.82, 2.24) is 0 Å². The number of benzene rings is 8. The third kappa shape index (κ3) is 25.1. The average Bonchev–Trinajstić information content (AvgIpc) is 3.67. The first-order chi connectivity index (χ1) is 43.0. The molecule has 8 aromatic rings. The Hall–Kier alpha value is -9.30. The normalized spacial score (nSPS) is 11.4. The number of ether oxygens (including phenoxy) is 8. The highest BCUT2D eigenvalue weighted by Gasteiger charge is 2.04. The Balaban J connectivity index is 0.576. The van der Waals surface area contributed by atoms with Crippen LogP contribution in [0.2, 0.25) is 0 Å². The Morgan fingerprint density at radius 2 is 0.402 bits per heavy atom. The van der Waals surface area contributed by atoms with E-state index in [4.69, 9.17) is 37.9 Å². The molecule has 0 atom stereocenters. The van der Waals surface area contributed by atoms with E-state index in [1.807, 2.05) is 207 Å². The summed E-state index contributed by atoms with van der Waals surface area (Å²) in [6.07, 6.45) is 20.1. The maximum absolute atomic E-state index is 6.01. The van der Waals surface area contributed by atoms with Gasteiger partial charge in [-0.15, -0.1) is 0 Å². The van der Waals surface area contributed by atoms with Crippen molar-refractivity contribution in [3.05, 3.63) is 205 Å². The Morgan fingerprint density at radius 1 is 0.218 bits per heavy atom. The predicted molar refractivity (Wildman–Crippen MR) is 350 cm³/mol. The van der Waals surface area contributed by atoms with Crippen molar-refractivity contribution in [2.45, 2.75) is 96.3 Å². The van der Waals surface area contributed by atoms with E-state index < -0.39 is 0 Å². The first-order valence-corrected chi connectivity index (χ1v) is 30.6.